The molecule has 2 aromatic carbocycles. The normalized spacial score (nSPS) is 10.6. The van der Waals surface area contributed by atoms with E-state index in [4.69, 9.17) is 5.11 Å². The Balaban J connectivity index is 1.95. The van der Waals surface area contributed by atoms with Crippen molar-refractivity contribution in [1.29, 1.82) is 0 Å². The number of aliphatic hydroxyl groups is 1. The molecule has 26 heavy (non-hydrogen) atoms. The monoisotopic (exact) mass is 348 g/mol. The lowest BCUT2D eigenvalue weighted by molar-refractivity contribution is 0.292. The second-order valence-electron chi connectivity index (χ2n) is 6.20. The Morgan fingerprint density at radius 3 is 2.54 bits per heavy atom. The van der Waals surface area contributed by atoms with Crippen LogP contribution >= 0.6 is 0 Å². The maximum atomic E-state index is 8.99. The van der Waals surface area contributed by atoms with Crippen molar-refractivity contribution in [2.45, 2.75) is 20.3 Å². The SMILES string of the molecule is Cc1cccc(Nc2cc(-c3ccccc3)nc(NCCCO)n2)c1C. The smallest absolute Gasteiger partial charge is 0.225 e. The van der Waals surface area contributed by atoms with Crippen LogP contribution in [0.15, 0.2) is 54.6 Å². The molecule has 0 bridgehead atoms. The average molecular weight is 348 g/mol. The molecule has 0 unspecified atom stereocenters. The molecule has 0 aliphatic carbocycles. The van der Waals surface area contributed by atoms with Gasteiger partial charge < -0.3 is 15.7 Å². The lowest BCUT2D eigenvalue weighted by Gasteiger charge is -2.13. The van der Waals surface area contributed by atoms with Crippen molar-refractivity contribution in [1.82, 2.24) is 9.97 Å². The van der Waals surface area contributed by atoms with Crippen molar-refractivity contribution in [2.75, 3.05) is 23.8 Å². The van der Waals surface area contributed by atoms with Crippen molar-refractivity contribution in [3.05, 3.63) is 65.7 Å². The van der Waals surface area contributed by atoms with Gasteiger partial charge in [-0.15, -0.1) is 0 Å². The van der Waals surface area contributed by atoms with Crippen LogP contribution < -0.4 is 10.6 Å². The number of aliphatic hydroxyl groups excluding tert-OH is 1. The fraction of sp³-hybridized carbons (Fsp3) is 0.238. The number of nitrogens with one attached hydrogen (secondary N) is 2. The van der Waals surface area contributed by atoms with Crippen LogP contribution in [0.5, 0.6) is 0 Å². The molecule has 0 saturated heterocycles. The van der Waals surface area contributed by atoms with Crippen LogP contribution in [-0.2, 0) is 0 Å². The zero-order chi connectivity index (χ0) is 18.4. The predicted octanol–water partition coefficient (Wildman–Crippen LogP) is 4.30. The molecule has 0 atom stereocenters. The number of aryl methyl sites for hydroxylation is 1. The Kier molecular flexibility index (Phi) is 5.81. The van der Waals surface area contributed by atoms with Gasteiger partial charge in [-0.1, -0.05) is 42.5 Å². The maximum absolute atomic E-state index is 8.99. The van der Waals surface area contributed by atoms with Crippen molar-refractivity contribution < 1.29 is 5.11 Å². The number of hydrogen-bond donors (Lipinski definition) is 3. The minimum atomic E-state index is 0.138. The number of benzene rings is 2. The number of anilines is 3. The van der Waals surface area contributed by atoms with Gasteiger partial charge in [0.15, 0.2) is 0 Å². The topological polar surface area (TPSA) is 70.1 Å². The molecule has 0 fully saturated rings. The first-order chi connectivity index (χ1) is 12.7. The summed E-state index contributed by atoms with van der Waals surface area (Å²) in [5.41, 5.74) is 5.34. The third-order valence-corrected chi connectivity index (χ3v) is 4.28. The van der Waals surface area contributed by atoms with E-state index in [0.29, 0.717) is 18.9 Å². The van der Waals surface area contributed by atoms with Crippen molar-refractivity contribution in [3.63, 3.8) is 0 Å². The summed E-state index contributed by atoms with van der Waals surface area (Å²) < 4.78 is 0. The predicted molar refractivity (Wildman–Crippen MR) is 107 cm³/mol. The van der Waals surface area contributed by atoms with Crippen LogP contribution in [0.25, 0.3) is 11.3 Å². The van der Waals surface area contributed by atoms with Gasteiger partial charge in [-0.05, 0) is 37.5 Å². The summed E-state index contributed by atoms with van der Waals surface area (Å²) in [5.74, 6) is 1.28. The summed E-state index contributed by atoms with van der Waals surface area (Å²) in [6.07, 6.45) is 0.651. The highest BCUT2D eigenvalue weighted by atomic mass is 16.3. The van der Waals surface area contributed by atoms with E-state index in [0.717, 1.165) is 22.8 Å². The van der Waals surface area contributed by atoms with E-state index in [1.165, 1.54) is 11.1 Å². The molecule has 0 spiro atoms. The molecule has 0 amide bonds. The van der Waals surface area contributed by atoms with E-state index in [2.05, 4.69) is 40.5 Å². The van der Waals surface area contributed by atoms with Crippen molar-refractivity contribution in [3.8, 4) is 11.3 Å². The van der Waals surface area contributed by atoms with Gasteiger partial charge >= 0.3 is 0 Å². The molecule has 0 aliphatic heterocycles. The van der Waals surface area contributed by atoms with Crippen LogP contribution in [0.4, 0.5) is 17.5 Å². The van der Waals surface area contributed by atoms with E-state index < -0.39 is 0 Å². The second-order valence-corrected chi connectivity index (χ2v) is 6.20. The minimum Gasteiger partial charge on any atom is -0.396 e. The molecule has 5 nitrogen and oxygen atoms in total. The summed E-state index contributed by atoms with van der Waals surface area (Å²) >= 11 is 0. The van der Waals surface area contributed by atoms with Crippen LogP contribution in [0.3, 0.4) is 0 Å². The Morgan fingerprint density at radius 2 is 1.77 bits per heavy atom. The largest absolute Gasteiger partial charge is 0.396 e. The summed E-state index contributed by atoms with van der Waals surface area (Å²) in [6, 6.07) is 18.2. The lowest BCUT2D eigenvalue weighted by Crippen LogP contribution is -2.09. The summed E-state index contributed by atoms with van der Waals surface area (Å²) in [5, 5.41) is 15.6. The summed E-state index contributed by atoms with van der Waals surface area (Å²) in [6.45, 7) is 4.95. The molecule has 5 heteroatoms. The van der Waals surface area contributed by atoms with Crippen LogP contribution in [0.1, 0.15) is 17.5 Å². The Morgan fingerprint density at radius 1 is 0.962 bits per heavy atom. The van der Waals surface area contributed by atoms with Crippen LogP contribution in [0, 0.1) is 13.8 Å². The minimum absolute atomic E-state index is 0.138. The molecule has 3 N–H and O–H groups in total. The maximum Gasteiger partial charge on any atom is 0.225 e. The highest BCUT2D eigenvalue weighted by molar-refractivity contribution is 5.69. The second kappa shape index (κ2) is 8.45. The van der Waals surface area contributed by atoms with Crippen molar-refractivity contribution >= 4 is 17.5 Å². The quantitative estimate of drug-likeness (QED) is 0.555. The molecular weight excluding hydrogens is 324 g/mol. The average Bonchev–Trinajstić information content (AvgIpc) is 2.66. The molecule has 3 aromatic rings. The number of nitrogens with zero attached hydrogens (tertiary/aromatic N) is 2. The summed E-state index contributed by atoms with van der Waals surface area (Å²) in [7, 11) is 0. The van der Waals surface area contributed by atoms with Gasteiger partial charge in [-0.25, -0.2) is 4.98 Å². The molecule has 0 saturated carbocycles. The Labute approximate surface area is 154 Å². The number of rotatable bonds is 7. The highest BCUT2D eigenvalue weighted by Gasteiger charge is 2.08. The zero-order valence-electron chi connectivity index (χ0n) is 15.2. The Bertz CT molecular complexity index is 865. The molecule has 0 aliphatic rings. The third kappa shape index (κ3) is 4.37. The van der Waals surface area contributed by atoms with Gasteiger partial charge in [0.1, 0.15) is 5.82 Å². The van der Waals surface area contributed by atoms with Gasteiger partial charge in [0.25, 0.3) is 0 Å². The van der Waals surface area contributed by atoms with E-state index in [-0.39, 0.29) is 6.61 Å². The van der Waals surface area contributed by atoms with Gasteiger partial charge in [-0.3, -0.25) is 0 Å². The first kappa shape index (κ1) is 17.9. The first-order valence-electron chi connectivity index (χ1n) is 8.80. The van der Waals surface area contributed by atoms with E-state index in [9.17, 15) is 0 Å². The van der Waals surface area contributed by atoms with Gasteiger partial charge in [-0.2, -0.15) is 4.98 Å². The Hall–Kier alpha value is -2.92. The van der Waals surface area contributed by atoms with E-state index in [1.54, 1.807) is 0 Å². The first-order valence-corrected chi connectivity index (χ1v) is 8.80. The van der Waals surface area contributed by atoms with E-state index >= 15 is 0 Å². The fourth-order valence-electron chi connectivity index (χ4n) is 2.65. The summed E-state index contributed by atoms with van der Waals surface area (Å²) in [4.78, 5) is 9.20. The fourth-order valence-corrected chi connectivity index (χ4v) is 2.65. The van der Waals surface area contributed by atoms with Crippen molar-refractivity contribution in [2.24, 2.45) is 0 Å². The standard InChI is InChI=1S/C21H24N4O/c1-15-8-6-11-18(16(15)2)23-20-14-19(17-9-4-3-5-10-17)24-21(25-20)22-12-7-13-26/h3-6,8-11,14,26H,7,12-13H2,1-2H3,(H2,22,23,24,25). The highest BCUT2D eigenvalue weighted by Crippen LogP contribution is 2.26. The molecule has 3 rings (SSSR count). The number of hydrogen-bond acceptors (Lipinski definition) is 5. The zero-order valence-corrected chi connectivity index (χ0v) is 15.2. The molecular formula is C21H24N4O. The molecule has 1 aromatic heterocycles. The van der Waals surface area contributed by atoms with E-state index in [1.807, 2.05) is 48.5 Å². The molecule has 1 heterocycles. The lowest BCUT2D eigenvalue weighted by atomic mass is 10.1. The van der Waals surface area contributed by atoms with Gasteiger partial charge in [0.05, 0.1) is 5.69 Å². The van der Waals surface area contributed by atoms with Gasteiger partial charge in [0.2, 0.25) is 5.95 Å². The van der Waals surface area contributed by atoms with Crippen LogP contribution in [0.2, 0.25) is 0 Å². The third-order valence-electron chi connectivity index (χ3n) is 4.28. The molecule has 134 valence electrons. The van der Waals surface area contributed by atoms with Gasteiger partial charge in [0, 0.05) is 30.5 Å². The molecule has 0 radical (unpaired) electrons. The van der Waals surface area contributed by atoms with Crippen LogP contribution in [-0.4, -0.2) is 28.2 Å². The number of aromatic nitrogens is 2.